The first-order valence-corrected chi connectivity index (χ1v) is 8.77. The zero-order valence-corrected chi connectivity index (χ0v) is 15.0. The van der Waals surface area contributed by atoms with Crippen LogP contribution >= 0.6 is 0 Å². The van der Waals surface area contributed by atoms with Gasteiger partial charge in [-0.05, 0) is 34.9 Å². The van der Waals surface area contributed by atoms with Crippen LogP contribution in [0.5, 0.6) is 0 Å². The van der Waals surface area contributed by atoms with Crippen LogP contribution in [0.15, 0.2) is 91.0 Å². The van der Waals surface area contributed by atoms with Crippen LogP contribution in [-0.2, 0) is 9.59 Å². The fourth-order valence-electron chi connectivity index (χ4n) is 2.77. The maximum atomic E-state index is 12.9. The summed E-state index contributed by atoms with van der Waals surface area (Å²) in [4.78, 5) is 24.8. The van der Waals surface area contributed by atoms with E-state index in [0.717, 1.165) is 11.1 Å². The molecule has 2 amide bonds. The summed E-state index contributed by atoms with van der Waals surface area (Å²) in [5, 5.41) is 0. The molecule has 0 spiro atoms. The predicted octanol–water partition coefficient (Wildman–Crippen LogP) is 3.82. The van der Waals surface area contributed by atoms with Gasteiger partial charge in [0.1, 0.15) is 5.82 Å². The number of carbonyl (C=O) groups is 2. The molecule has 0 atom stereocenters. The highest BCUT2D eigenvalue weighted by Crippen LogP contribution is 2.24. The zero-order chi connectivity index (χ0) is 19.8. The number of nitrogens with one attached hydrogen (secondary N) is 2. The Kier molecular flexibility index (Phi) is 6.31. The molecule has 4 nitrogen and oxygen atoms in total. The van der Waals surface area contributed by atoms with Crippen LogP contribution in [-0.4, -0.2) is 11.8 Å². The Morgan fingerprint density at radius 3 is 1.82 bits per heavy atom. The molecule has 3 aromatic carbocycles. The van der Waals surface area contributed by atoms with Gasteiger partial charge in [0.2, 0.25) is 5.91 Å². The maximum absolute atomic E-state index is 12.9. The smallest absolute Gasteiger partial charge is 0.262 e. The lowest BCUT2D eigenvalue weighted by atomic mass is 9.91. The number of benzene rings is 3. The highest BCUT2D eigenvalue weighted by Gasteiger charge is 2.22. The summed E-state index contributed by atoms with van der Waals surface area (Å²) >= 11 is 0. The molecular formula is C23H19FN2O2. The molecule has 0 bridgehead atoms. The molecule has 3 rings (SSSR count). The second kappa shape index (κ2) is 9.28. The second-order valence-corrected chi connectivity index (χ2v) is 6.12. The van der Waals surface area contributed by atoms with E-state index in [2.05, 4.69) is 10.9 Å². The Balaban J connectivity index is 1.67. The van der Waals surface area contributed by atoms with Crippen LogP contribution in [0.25, 0.3) is 6.08 Å². The molecule has 0 heterocycles. The SMILES string of the molecule is O=C(C=Cc1ccc(F)cc1)NNC(=O)C(c1ccccc1)c1ccccc1. The second-order valence-electron chi connectivity index (χ2n) is 6.12. The third-order valence-corrected chi connectivity index (χ3v) is 4.13. The molecule has 0 radical (unpaired) electrons. The Morgan fingerprint density at radius 2 is 1.29 bits per heavy atom. The number of hydrogen-bond donors (Lipinski definition) is 2. The van der Waals surface area contributed by atoms with Crippen molar-refractivity contribution in [3.8, 4) is 0 Å². The van der Waals surface area contributed by atoms with E-state index in [4.69, 9.17) is 0 Å². The Morgan fingerprint density at radius 1 is 0.750 bits per heavy atom. The van der Waals surface area contributed by atoms with E-state index >= 15 is 0 Å². The van der Waals surface area contributed by atoms with Crippen LogP contribution < -0.4 is 10.9 Å². The van der Waals surface area contributed by atoms with Crippen molar-refractivity contribution >= 4 is 17.9 Å². The van der Waals surface area contributed by atoms with Crippen molar-refractivity contribution in [3.05, 3.63) is 114 Å². The van der Waals surface area contributed by atoms with Crippen LogP contribution in [0.3, 0.4) is 0 Å². The minimum atomic E-state index is -0.552. The minimum absolute atomic E-state index is 0.346. The summed E-state index contributed by atoms with van der Waals surface area (Å²) in [6.45, 7) is 0. The van der Waals surface area contributed by atoms with E-state index in [9.17, 15) is 14.0 Å². The largest absolute Gasteiger partial charge is 0.272 e. The maximum Gasteiger partial charge on any atom is 0.262 e. The van der Waals surface area contributed by atoms with Crippen molar-refractivity contribution in [2.75, 3.05) is 0 Å². The van der Waals surface area contributed by atoms with Gasteiger partial charge in [0, 0.05) is 6.08 Å². The monoisotopic (exact) mass is 374 g/mol. The first-order chi connectivity index (χ1) is 13.6. The zero-order valence-electron chi connectivity index (χ0n) is 15.0. The Bertz CT molecular complexity index is 915. The van der Waals surface area contributed by atoms with Gasteiger partial charge in [-0.25, -0.2) is 4.39 Å². The first kappa shape index (κ1) is 19.0. The molecule has 0 aliphatic carbocycles. The lowest BCUT2D eigenvalue weighted by Crippen LogP contribution is -2.43. The van der Waals surface area contributed by atoms with Gasteiger partial charge in [0.15, 0.2) is 0 Å². The van der Waals surface area contributed by atoms with E-state index < -0.39 is 11.8 Å². The average Bonchev–Trinajstić information content (AvgIpc) is 2.73. The van der Waals surface area contributed by atoms with Gasteiger partial charge in [-0.15, -0.1) is 0 Å². The molecule has 140 valence electrons. The highest BCUT2D eigenvalue weighted by atomic mass is 19.1. The van der Waals surface area contributed by atoms with Gasteiger partial charge in [-0.3, -0.25) is 20.4 Å². The number of rotatable bonds is 5. The van der Waals surface area contributed by atoms with Crippen molar-refractivity contribution in [1.82, 2.24) is 10.9 Å². The predicted molar refractivity (Wildman–Crippen MR) is 106 cm³/mol. The van der Waals surface area contributed by atoms with E-state index in [1.54, 1.807) is 12.1 Å². The van der Waals surface area contributed by atoms with Crippen LogP contribution in [0.2, 0.25) is 0 Å². The summed E-state index contributed by atoms with van der Waals surface area (Å²) in [5.74, 6) is -1.73. The molecule has 0 saturated carbocycles. The molecule has 28 heavy (non-hydrogen) atoms. The molecule has 0 fully saturated rings. The number of amides is 2. The van der Waals surface area contributed by atoms with E-state index in [1.165, 1.54) is 24.3 Å². The van der Waals surface area contributed by atoms with E-state index in [-0.39, 0.29) is 11.7 Å². The lowest BCUT2D eigenvalue weighted by Gasteiger charge is -2.17. The number of halogens is 1. The summed E-state index contributed by atoms with van der Waals surface area (Å²) < 4.78 is 12.9. The third-order valence-electron chi connectivity index (χ3n) is 4.13. The minimum Gasteiger partial charge on any atom is -0.272 e. The Hall–Kier alpha value is -3.73. The summed E-state index contributed by atoms with van der Waals surface area (Å²) in [7, 11) is 0. The van der Waals surface area contributed by atoms with Gasteiger partial charge < -0.3 is 0 Å². The highest BCUT2D eigenvalue weighted by molar-refractivity contribution is 5.94. The van der Waals surface area contributed by atoms with Crippen molar-refractivity contribution in [2.24, 2.45) is 0 Å². The average molecular weight is 374 g/mol. The molecule has 5 heteroatoms. The molecule has 0 saturated heterocycles. The number of carbonyl (C=O) groups excluding carboxylic acids is 2. The molecule has 0 aliphatic heterocycles. The van der Waals surface area contributed by atoms with Crippen LogP contribution in [0.1, 0.15) is 22.6 Å². The quantitative estimate of drug-likeness (QED) is 0.527. The van der Waals surface area contributed by atoms with Crippen LogP contribution in [0.4, 0.5) is 4.39 Å². The third kappa shape index (κ3) is 5.14. The summed E-state index contributed by atoms with van der Waals surface area (Å²) in [6.07, 6.45) is 2.81. The van der Waals surface area contributed by atoms with Gasteiger partial charge in [0.05, 0.1) is 5.92 Å². The first-order valence-electron chi connectivity index (χ1n) is 8.77. The van der Waals surface area contributed by atoms with Crippen molar-refractivity contribution in [2.45, 2.75) is 5.92 Å². The van der Waals surface area contributed by atoms with E-state index in [1.807, 2.05) is 60.7 Å². The van der Waals surface area contributed by atoms with Gasteiger partial charge >= 0.3 is 0 Å². The van der Waals surface area contributed by atoms with Crippen molar-refractivity contribution in [1.29, 1.82) is 0 Å². The number of hydrogen-bond acceptors (Lipinski definition) is 2. The van der Waals surface area contributed by atoms with Gasteiger partial charge in [-0.1, -0.05) is 72.8 Å². The molecule has 3 aromatic rings. The fraction of sp³-hybridized carbons (Fsp3) is 0.0435. The van der Waals surface area contributed by atoms with Crippen molar-refractivity contribution < 1.29 is 14.0 Å². The van der Waals surface area contributed by atoms with Gasteiger partial charge in [0.25, 0.3) is 5.91 Å². The molecule has 0 unspecified atom stereocenters. The standard InChI is InChI=1S/C23H19FN2O2/c24-20-14-11-17(12-15-20)13-16-21(27)25-26-23(28)22(18-7-3-1-4-8-18)19-9-5-2-6-10-19/h1-16,22H,(H,25,27)(H,26,28). The van der Waals surface area contributed by atoms with Crippen molar-refractivity contribution in [3.63, 3.8) is 0 Å². The Labute approximate surface area is 162 Å². The summed E-state index contributed by atoms with van der Waals surface area (Å²) in [5.41, 5.74) is 7.18. The molecule has 2 N–H and O–H groups in total. The lowest BCUT2D eigenvalue weighted by molar-refractivity contribution is -0.127. The van der Waals surface area contributed by atoms with Crippen LogP contribution in [0, 0.1) is 5.82 Å². The molecule has 0 aliphatic rings. The topological polar surface area (TPSA) is 58.2 Å². The molecule has 0 aromatic heterocycles. The normalized spacial score (nSPS) is 10.8. The number of hydrazine groups is 1. The molecular weight excluding hydrogens is 355 g/mol. The van der Waals surface area contributed by atoms with Gasteiger partial charge in [-0.2, -0.15) is 0 Å². The van der Waals surface area contributed by atoms with E-state index in [0.29, 0.717) is 5.56 Å². The summed E-state index contributed by atoms with van der Waals surface area (Å²) in [6, 6.07) is 24.4. The fourth-order valence-corrected chi connectivity index (χ4v) is 2.77.